The van der Waals surface area contributed by atoms with Crippen LogP contribution in [0.2, 0.25) is 0 Å². The maximum atomic E-state index is 13.1. The van der Waals surface area contributed by atoms with Crippen molar-refractivity contribution in [1.29, 1.82) is 0 Å². The van der Waals surface area contributed by atoms with E-state index in [-0.39, 0.29) is 17.3 Å². The molecule has 1 aromatic rings. The Morgan fingerprint density at radius 3 is 2.55 bits per heavy atom. The standard InChI is InChI=1S/C16H21F2NO/c1-11(2)19-5-3-4-12(10-19)6-16(20)13-7-14(17)9-15(18)8-13/h7-9,11-12H,3-6,10H2,1-2H3/t12-/m0/s1. The molecule has 1 aromatic carbocycles. The third-order valence-corrected chi connectivity index (χ3v) is 3.94. The monoisotopic (exact) mass is 281 g/mol. The van der Waals surface area contributed by atoms with Gasteiger partial charge >= 0.3 is 0 Å². The van der Waals surface area contributed by atoms with Crippen molar-refractivity contribution in [2.24, 2.45) is 5.92 Å². The first-order valence-corrected chi connectivity index (χ1v) is 7.19. The maximum Gasteiger partial charge on any atom is 0.163 e. The summed E-state index contributed by atoms with van der Waals surface area (Å²) in [4.78, 5) is 14.5. The number of piperidine rings is 1. The van der Waals surface area contributed by atoms with Gasteiger partial charge in [-0.05, 0) is 51.3 Å². The van der Waals surface area contributed by atoms with Crippen molar-refractivity contribution in [3.63, 3.8) is 0 Å². The molecule has 1 aliphatic heterocycles. The Labute approximate surface area is 118 Å². The summed E-state index contributed by atoms with van der Waals surface area (Å²) in [5.41, 5.74) is 0.143. The molecule has 110 valence electrons. The number of rotatable bonds is 4. The molecule has 1 aliphatic rings. The summed E-state index contributed by atoms with van der Waals surface area (Å²) in [7, 11) is 0. The van der Waals surface area contributed by atoms with E-state index in [0.717, 1.165) is 44.1 Å². The maximum absolute atomic E-state index is 13.1. The fraction of sp³-hybridized carbons (Fsp3) is 0.562. The summed E-state index contributed by atoms with van der Waals surface area (Å²) < 4.78 is 26.3. The van der Waals surface area contributed by atoms with Crippen molar-refractivity contribution >= 4 is 5.78 Å². The average Bonchev–Trinajstić information content (AvgIpc) is 2.37. The zero-order chi connectivity index (χ0) is 14.7. The average molecular weight is 281 g/mol. The van der Waals surface area contributed by atoms with Crippen LogP contribution in [-0.2, 0) is 0 Å². The molecule has 1 atom stereocenters. The first-order valence-electron chi connectivity index (χ1n) is 7.19. The van der Waals surface area contributed by atoms with E-state index in [1.165, 1.54) is 0 Å². The lowest BCUT2D eigenvalue weighted by Crippen LogP contribution is -2.40. The molecule has 0 bridgehead atoms. The number of hydrogen-bond acceptors (Lipinski definition) is 2. The molecule has 2 rings (SSSR count). The number of benzene rings is 1. The Morgan fingerprint density at radius 2 is 1.95 bits per heavy atom. The van der Waals surface area contributed by atoms with Crippen molar-refractivity contribution in [3.05, 3.63) is 35.4 Å². The Balaban J connectivity index is 2.00. The lowest BCUT2D eigenvalue weighted by Gasteiger charge is -2.35. The highest BCUT2D eigenvalue weighted by Gasteiger charge is 2.24. The molecule has 0 amide bonds. The summed E-state index contributed by atoms with van der Waals surface area (Å²) in [6.07, 6.45) is 2.45. The van der Waals surface area contributed by atoms with Crippen LogP contribution in [0.15, 0.2) is 18.2 Å². The van der Waals surface area contributed by atoms with E-state index in [2.05, 4.69) is 18.7 Å². The number of carbonyl (C=O) groups excluding carboxylic acids is 1. The highest BCUT2D eigenvalue weighted by atomic mass is 19.1. The van der Waals surface area contributed by atoms with Crippen LogP contribution in [0.4, 0.5) is 8.78 Å². The largest absolute Gasteiger partial charge is 0.301 e. The normalized spacial score (nSPS) is 20.4. The van der Waals surface area contributed by atoms with Gasteiger partial charge in [0, 0.05) is 30.6 Å². The van der Waals surface area contributed by atoms with Gasteiger partial charge in [-0.15, -0.1) is 0 Å². The number of halogens is 2. The van der Waals surface area contributed by atoms with Crippen LogP contribution in [0, 0.1) is 17.6 Å². The van der Waals surface area contributed by atoms with Gasteiger partial charge in [-0.25, -0.2) is 8.78 Å². The first-order chi connectivity index (χ1) is 9.45. The number of nitrogens with zero attached hydrogens (tertiary/aromatic N) is 1. The van der Waals surface area contributed by atoms with E-state index in [1.54, 1.807) is 0 Å². The summed E-state index contributed by atoms with van der Waals surface area (Å²) in [5.74, 6) is -1.27. The molecule has 0 spiro atoms. The molecule has 1 saturated heterocycles. The third kappa shape index (κ3) is 3.85. The van der Waals surface area contributed by atoms with Crippen molar-refractivity contribution in [3.8, 4) is 0 Å². The third-order valence-electron chi connectivity index (χ3n) is 3.94. The second-order valence-corrected chi connectivity index (χ2v) is 5.88. The van der Waals surface area contributed by atoms with Crippen LogP contribution in [0.1, 0.15) is 43.5 Å². The van der Waals surface area contributed by atoms with Gasteiger partial charge in [-0.1, -0.05) is 0 Å². The number of carbonyl (C=O) groups is 1. The summed E-state index contributed by atoms with van der Waals surface area (Å²) in [5, 5.41) is 0. The van der Waals surface area contributed by atoms with Gasteiger partial charge in [0.15, 0.2) is 5.78 Å². The fourth-order valence-corrected chi connectivity index (χ4v) is 2.83. The topological polar surface area (TPSA) is 20.3 Å². The van der Waals surface area contributed by atoms with E-state index in [0.29, 0.717) is 12.5 Å². The molecule has 1 heterocycles. The molecule has 0 aliphatic carbocycles. The molecule has 0 aromatic heterocycles. The van der Waals surface area contributed by atoms with Crippen LogP contribution in [0.5, 0.6) is 0 Å². The molecular formula is C16H21F2NO. The minimum absolute atomic E-state index is 0.143. The van der Waals surface area contributed by atoms with Gasteiger partial charge in [-0.3, -0.25) is 4.79 Å². The van der Waals surface area contributed by atoms with E-state index in [9.17, 15) is 13.6 Å². The number of ketones is 1. The van der Waals surface area contributed by atoms with E-state index in [4.69, 9.17) is 0 Å². The van der Waals surface area contributed by atoms with Crippen molar-refractivity contribution in [2.45, 2.75) is 39.2 Å². The highest BCUT2D eigenvalue weighted by molar-refractivity contribution is 5.96. The van der Waals surface area contributed by atoms with Gasteiger partial charge in [0.2, 0.25) is 0 Å². The van der Waals surface area contributed by atoms with Crippen LogP contribution in [0.3, 0.4) is 0 Å². The molecule has 0 radical (unpaired) electrons. The van der Waals surface area contributed by atoms with Crippen LogP contribution >= 0.6 is 0 Å². The molecular weight excluding hydrogens is 260 g/mol. The van der Waals surface area contributed by atoms with Crippen molar-refractivity contribution in [2.75, 3.05) is 13.1 Å². The molecule has 0 N–H and O–H groups in total. The Hall–Kier alpha value is -1.29. The van der Waals surface area contributed by atoms with Gasteiger partial charge in [0.1, 0.15) is 11.6 Å². The van der Waals surface area contributed by atoms with Gasteiger partial charge in [0.05, 0.1) is 0 Å². The predicted octanol–water partition coefficient (Wildman–Crippen LogP) is 3.66. The molecule has 20 heavy (non-hydrogen) atoms. The van der Waals surface area contributed by atoms with Crippen LogP contribution < -0.4 is 0 Å². The molecule has 2 nitrogen and oxygen atoms in total. The number of Topliss-reactive ketones (excluding diaryl/α,β-unsaturated/α-hetero) is 1. The second kappa shape index (κ2) is 6.44. The Morgan fingerprint density at radius 1 is 1.30 bits per heavy atom. The van der Waals surface area contributed by atoms with Gasteiger partial charge in [-0.2, -0.15) is 0 Å². The number of likely N-dealkylation sites (tertiary alicyclic amines) is 1. The van der Waals surface area contributed by atoms with Crippen LogP contribution in [-0.4, -0.2) is 29.8 Å². The SMILES string of the molecule is CC(C)N1CCC[C@@H](CC(=O)c2cc(F)cc(F)c2)C1. The smallest absolute Gasteiger partial charge is 0.163 e. The zero-order valence-corrected chi connectivity index (χ0v) is 12.0. The minimum Gasteiger partial charge on any atom is -0.301 e. The second-order valence-electron chi connectivity index (χ2n) is 5.88. The Bertz CT molecular complexity index is 467. The lowest BCUT2D eigenvalue weighted by atomic mass is 9.90. The van der Waals surface area contributed by atoms with E-state index < -0.39 is 11.6 Å². The first kappa shape index (κ1) is 15.1. The highest BCUT2D eigenvalue weighted by Crippen LogP contribution is 2.23. The molecule has 0 unspecified atom stereocenters. The minimum atomic E-state index is -0.694. The van der Waals surface area contributed by atoms with Gasteiger partial charge < -0.3 is 4.90 Å². The molecule has 0 saturated carbocycles. The molecule has 1 fully saturated rings. The number of hydrogen-bond donors (Lipinski definition) is 0. The van der Waals surface area contributed by atoms with E-state index >= 15 is 0 Å². The fourth-order valence-electron chi connectivity index (χ4n) is 2.83. The van der Waals surface area contributed by atoms with Crippen molar-refractivity contribution < 1.29 is 13.6 Å². The predicted molar refractivity (Wildman–Crippen MR) is 74.7 cm³/mol. The summed E-state index contributed by atoms with van der Waals surface area (Å²) in [6, 6.07) is 3.50. The lowest BCUT2D eigenvalue weighted by molar-refractivity contribution is 0.0889. The quantitative estimate of drug-likeness (QED) is 0.785. The Kier molecular flexibility index (Phi) is 4.86. The van der Waals surface area contributed by atoms with Gasteiger partial charge in [0.25, 0.3) is 0 Å². The molecule has 4 heteroatoms. The van der Waals surface area contributed by atoms with E-state index in [1.807, 2.05) is 0 Å². The van der Waals surface area contributed by atoms with Crippen LogP contribution in [0.25, 0.3) is 0 Å². The summed E-state index contributed by atoms with van der Waals surface area (Å²) in [6.45, 7) is 6.25. The van der Waals surface area contributed by atoms with Crippen molar-refractivity contribution in [1.82, 2.24) is 4.90 Å². The summed E-state index contributed by atoms with van der Waals surface area (Å²) >= 11 is 0. The zero-order valence-electron chi connectivity index (χ0n) is 12.0.